The van der Waals surface area contributed by atoms with Crippen LogP contribution in [0, 0.1) is 0 Å². The largest absolute Gasteiger partial charge is 0.324 e. The summed E-state index contributed by atoms with van der Waals surface area (Å²) in [4.78, 5) is 0. The zero-order valence-corrected chi connectivity index (χ0v) is 10.2. The number of rotatable bonds is 7. The van der Waals surface area contributed by atoms with Gasteiger partial charge >= 0.3 is 0 Å². The molecule has 14 heavy (non-hydrogen) atoms. The van der Waals surface area contributed by atoms with Gasteiger partial charge in [-0.1, -0.05) is 20.8 Å². The molecular weight excluding hydrogens is 200 g/mol. The molecule has 0 radical (unpaired) electrons. The van der Waals surface area contributed by atoms with Crippen molar-refractivity contribution in [1.29, 1.82) is 0 Å². The van der Waals surface area contributed by atoms with E-state index in [-0.39, 0.29) is 5.75 Å². The molecule has 0 unspecified atom stereocenters. The van der Waals surface area contributed by atoms with Gasteiger partial charge in [-0.2, -0.15) is 0 Å². The maximum Gasteiger partial charge on any atom is 0.211 e. The Labute approximate surface area is 87.3 Å². The second-order valence-electron chi connectivity index (χ2n) is 3.71. The topological polar surface area (TPSA) is 72.2 Å². The third kappa shape index (κ3) is 4.93. The molecule has 0 aliphatic heterocycles. The molecule has 5 heteroatoms. The lowest BCUT2D eigenvalue weighted by molar-refractivity contribution is 0.391. The van der Waals surface area contributed by atoms with Gasteiger partial charge in [0.25, 0.3) is 0 Å². The molecule has 0 aliphatic rings. The van der Waals surface area contributed by atoms with Gasteiger partial charge in [-0.15, -0.1) is 0 Å². The standard InChI is InChI=1S/C9H22N2O2S/c1-4-7-14(12,13)11-8-9(10,5-2)6-3/h11H,4-8,10H2,1-3H3. The van der Waals surface area contributed by atoms with E-state index in [0.29, 0.717) is 13.0 Å². The van der Waals surface area contributed by atoms with E-state index in [2.05, 4.69) is 4.72 Å². The highest BCUT2D eigenvalue weighted by molar-refractivity contribution is 7.89. The van der Waals surface area contributed by atoms with Crippen molar-refractivity contribution in [2.24, 2.45) is 5.73 Å². The highest BCUT2D eigenvalue weighted by Crippen LogP contribution is 2.09. The lowest BCUT2D eigenvalue weighted by atomic mass is 9.95. The summed E-state index contributed by atoms with van der Waals surface area (Å²) in [5.74, 6) is 0.177. The van der Waals surface area contributed by atoms with Gasteiger partial charge < -0.3 is 5.73 Å². The first kappa shape index (κ1) is 13.9. The van der Waals surface area contributed by atoms with Crippen LogP contribution in [0.15, 0.2) is 0 Å². The Kier molecular flexibility index (Phi) is 5.63. The minimum absolute atomic E-state index is 0.177. The van der Waals surface area contributed by atoms with E-state index < -0.39 is 15.6 Å². The average Bonchev–Trinajstić information content (AvgIpc) is 2.14. The molecule has 0 fully saturated rings. The van der Waals surface area contributed by atoms with E-state index in [0.717, 1.165) is 12.8 Å². The highest BCUT2D eigenvalue weighted by Gasteiger charge is 2.22. The van der Waals surface area contributed by atoms with Crippen LogP contribution in [0.2, 0.25) is 0 Å². The third-order valence-corrected chi connectivity index (χ3v) is 4.06. The summed E-state index contributed by atoms with van der Waals surface area (Å²) in [6, 6.07) is 0. The van der Waals surface area contributed by atoms with Gasteiger partial charge in [0.2, 0.25) is 10.0 Å². The number of sulfonamides is 1. The van der Waals surface area contributed by atoms with Gasteiger partial charge in [-0.05, 0) is 19.3 Å². The number of nitrogens with one attached hydrogen (secondary N) is 1. The molecule has 4 nitrogen and oxygen atoms in total. The Morgan fingerprint density at radius 1 is 1.21 bits per heavy atom. The van der Waals surface area contributed by atoms with Crippen LogP contribution in [0.1, 0.15) is 40.0 Å². The molecule has 0 aliphatic carbocycles. The molecule has 0 amide bonds. The molecule has 0 bridgehead atoms. The van der Waals surface area contributed by atoms with Crippen molar-refractivity contribution >= 4 is 10.0 Å². The molecule has 0 aromatic carbocycles. The van der Waals surface area contributed by atoms with Crippen LogP contribution in [0.25, 0.3) is 0 Å². The molecule has 0 atom stereocenters. The van der Waals surface area contributed by atoms with Crippen molar-refractivity contribution in [2.45, 2.75) is 45.6 Å². The Morgan fingerprint density at radius 3 is 2.07 bits per heavy atom. The van der Waals surface area contributed by atoms with E-state index in [1.54, 1.807) is 0 Å². The third-order valence-electron chi connectivity index (χ3n) is 2.53. The van der Waals surface area contributed by atoms with E-state index >= 15 is 0 Å². The Balaban J connectivity index is 4.16. The Bertz CT molecular complexity index is 246. The molecular formula is C9H22N2O2S. The van der Waals surface area contributed by atoms with E-state index in [9.17, 15) is 8.42 Å². The summed E-state index contributed by atoms with van der Waals surface area (Å²) in [6.07, 6.45) is 2.18. The molecule has 3 N–H and O–H groups in total. The average molecular weight is 222 g/mol. The first-order valence-electron chi connectivity index (χ1n) is 5.15. The first-order chi connectivity index (χ1) is 6.39. The fourth-order valence-electron chi connectivity index (χ4n) is 1.09. The van der Waals surface area contributed by atoms with Gasteiger partial charge in [-0.25, -0.2) is 13.1 Å². The van der Waals surface area contributed by atoms with Crippen molar-refractivity contribution in [3.63, 3.8) is 0 Å². The molecule has 0 rings (SSSR count). The molecule has 86 valence electrons. The minimum atomic E-state index is -3.12. The smallest absolute Gasteiger partial charge is 0.211 e. The summed E-state index contributed by atoms with van der Waals surface area (Å²) in [5.41, 5.74) is 5.57. The SMILES string of the molecule is CCCS(=O)(=O)NCC(N)(CC)CC. The van der Waals surface area contributed by atoms with Crippen molar-refractivity contribution in [3.05, 3.63) is 0 Å². The minimum Gasteiger partial charge on any atom is -0.324 e. The molecule has 0 aromatic rings. The normalized spacial score (nSPS) is 13.1. The highest BCUT2D eigenvalue weighted by atomic mass is 32.2. The van der Waals surface area contributed by atoms with Gasteiger partial charge in [0, 0.05) is 12.1 Å². The number of hydrogen-bond acceptors (Lipinski definition) is 3. The molecule has 0 saturated heterocycles. The van der Waals surface area contributed by atoms with Gasteiger partial charge in [0.15, 0.2) is 0 Å². The first-order valence-corrected chi connectivity index (χ1v) is 6.80. The van der Waals surface area contributed by atoms with E-state index in [4.69, 9.17) is 5.73 Å². The van der Waals surface area contributed by atoms with Gasteiger partial charge in [-0.3, -0.25) is 0 Å². The summed E-state index contributed by atoms with van der Waals surface area (Å²) in [6.45, 7) is 6.12. The monoisotopic (exact) mass is 222 g/mol. The Morgan fingerprint density at radius 2 is 1.71 bits per heavy atom. The molecule has 0 saturated carbocycles. The van der Waals surface area contributed by atoms with Crippen LogP contribution in [0.3, 0.4) is 0 Å². The van der Waals surface area contributed by atoms with Crippen LogP contribution in [-0.4, -0.2) is 26.3 Å². The predicted octanol–water partition coefficient (Wildman–Crippen LogP) is 0.833. The van der Waals surface area contributed by atoms with Crippen molar-refractivity contribution < 1.29 is 8.42 Å². The second kappa shape index (κ2) is 5.68. The second-order valence-corrected chi connectivity index (χ2v) is 5.64. The zero-order chi connectivity index (χ0) is 11.2. The fraction of sp³-hybridized carbons (Fsp3) is 1.00. The van der Waals surface area contributed by atoms with E-state index in [1.807, 2.05) is 20.8 Å². The number of nitrogens with two attached hydrogens (primary N) is 1. The summed E-state index contributed by atoms with van der Waals surface area (Å²) >= 11 is 0. The zero-order valence-electron chi connectivity index (χ0n) is 9.34. The summed E-state index contributed by atoms with van der Waals surface area (Å²) < 4.78 is 25.2. The molecule has 0 aromatic heterocycles. The molecule has 0 heterocycles. The van der Waals surface area contributed by atoms with Crippen molar-refractivity contribution in [1.82, 2.24) is 4.72 Å². The van der Waals surface area contributed by atoms with Crippen LogP contribution in [0.5, 0.6) is 0 Å². The van der Waals surface area contributed by atoms with Crippen molar-refractivity contribution in [3.8, 4) is 0 Å². The van der Waals surface area contributed by atoms with Crippen LogP contribution in [-0.2, 0) is 10.0 Å². The van der Waals surface area contributed by atoms with Gasteiger partial charge in [0.1, 0.15) is 0 Å². The van der Waals surface area contributed by atoms with Crippen molar-refractivity contribution in [2.75, 3.05) is 12.3 Å². The number of hydrogen-bond donors (Lipinski definition) is 2. The summed E-state index contributed by atoms with van der Waals surface area (Å²) in [5, 5.41) is 0. The van der Waals surface area contributed by atoms with Crippen LogP contribution < -0.4 is 10.5 Å². The summed E-state index contributed by atoms with van der Waals surface area (Å²) in [7, 11) is -3.12. The lowest BCUT2D eigenvalue weighted by Crippen LogP contribution is -2.49. The fourth-order valence-corrected chi connectivity index (χ4v) is 2.28. The quantitative estimate of drug-likeness (QED) is 0.670. The maximum absolute atomic E-state index is 11.3. The lowest BCUT2D eigenvalue weighted by Gasteiger charge is -2.26. The van der Waals surface area contributed by atoms with Crippen LogP contribution in [0.4, 0.5) is 0 Å². The molecule has 0 spiro atoms. The van der Waals surface area contributed by atoms with Gasteiger partial charge in [0.05, 0.1) is 5.75 Å². The van der Waals surface area contributed by atoms with Crippen LogP contribution >= 0.6 is 0 Å². The maximum atomic E-state index is 11.3. The van der Waals surface area contributed by atoms with E-state index in [1.165, 1.54) is 0 Å². The predicted molar refractivity (Wildman–Crippen MR) is 59.6 cm³/mol. The Hall–Kier alpha value is -0.130.